The van der Waals surface area contributed by atoms with Crippen molar-refractivity contribution in [2.45, 2.75) is 42.8 Å². The molecule has 8 heteroatoms. The highest BCUT2D eigenvalue weighted by molar-refractivity contribution is 5.96. The molecule has 1 atom stereocenters. The van der Waals surface area contributed by atoms with Gasteiger partial charge in [-0.3, -0.25) is 9.69 Å². The van der Waals surface area contributed by atoms with Crippen LogP contribution in [0, 0.1) is 0 Å². The van der Waals surface area contributed by atoms with Gasteiger partial charge in [0.15, 0.2) is 0 Å². The van der Waals surface area contributed by atoms with Gasteiger partial charge in [-0.2, -0.15) is 0 Å². The van der Waals surface area contributed by atoms with Crippen molar-refractivity contribution in [2.75, 3.05) is 19.7 Å². The van der Waals surface area contributed by atoms with Gasteiger partial charge < -0.3 is 20.5 Å². The highest BCUT2D eigenvalue weighted by Crippen LogP contribution is 2.44. The van der Waals surface area contributed by atoms with Crippen molar-refractivity contribution in [1.82, 2.24) is 15.5 Å². The molecule has 2 fully saturated rings. The maximum atomic E-state index is 13.6. The molecule has 0 bridgehead atoms. The maximum Gasteiger partial charge on any atom is 0.408 e. The number of ether oxygens (including phenoxy) is 1. The predicted molar refractivity (Wildman–Crippen MR) is 145 cm³/mol. The van der Waals surface area contributed by atoms with E-state index in [4.69, 9.17) is 4.74 Å². The Morgan fingerprint density at radius 1 is 0.821 bits per heavy atom. The Hall–Kier alpha value is -4.17. The lowest BCUT2D eigenvalue weighted by atomic mass is 9.96. The van der Waals surface area contributed by atoms with Crippen molar-refractivity contribution in [3.8, 4) is 11.1 Å². The van der Waals surface area contributed by atoms with Crippen LogP contribution in [0.2, 0.25) is 0 Å². The third-order valence-electron chi connectivity index (χ3n) is 8.23. The van der Waals surface area contributed by atoms with E-state index in [0.717, 1.165) is 27.8 Å². The molecule has 2 aliphatic carbocycles. The number of carboxylic acid groups (broad SMARTS) is 1. The van der Waals surface area contributed by atoms with E-state index in [2.05, 4.69) is 39.8 Å². The van der Waals surface area contributed by atoms with E-state index in [9.17, 15) is 19.5 Å². The summed E-state index contributed by atoms with van der Waals surface area (Å²) in [6, 6.07) is 26.1. The molecule has 0 radical (unpaired) electrons. The first kappa shape index (κ1) is 25.1. The molecule has 1 saturated heterocycles. The fraction of sp³-hybridized carbons (Fsp3) is 0.323. The van der Waals surface area contributed by atoms with Crippen molar-refractivity contribution in [3.63, 3.8) is 0 Å². The number of carbonyl (C=O) groups is 3. The molecule has 39 heavy (non-hydrogen) atoms. The molecule has 1 aliphatic heterocycles. The van der Waals surface area contributed by atoms with Gasteiger partial charge in [-0.1, -0.05) is 78.9 Å². The number of hydrogen-bond acceptors (Lipinski definition) is 5. The van der Waals surface area contributed by atoms with Crippen LogP contribution < -0.4 is 10.6 Å². The second-order valence-electron chi connectivity index (χ2n) is 10.8. The van der Waals surface area contributed by atoms with Gasteiger partial charge in [-0.25, -0.2) is 9.59 Å². The number of aliphatic carboxylic acids is 1. The summed E-state index contributed by atoms with van der Waals surface area (Å²) in [6.07, 6.45) is 0.422. The van der Waals surface area contributed by atoms with Gasteiger partial charge in [0.2, 0.25) is 5.91 Å². The van der Waals surface area contributed by atoms with Crippen LogP contribution in [0.4, 0.5) is 4.79 Å². The summed E-state index contributed by atoms with van der Waals surface area (Å²) in [6.45, 7) is 1.58. The average molecular weight is 526 g/mol. The number of carboxylic acids is 1. The minimum atomic E-state index is -1.29. The van der Waals surface area contributed by atoms with Crippen LogP contribution >= 0.6 is 0 Å². The summed E-state index contributed by atoms with van der Waals surface area (Å²) in [5, 5.41) is 15.2. The van der Waals surface area contributed by atoms with Crippen molar-refractivity contribution in [3.05, 3.63) is 95.6 Å². The number of nitrogens with one attached hydrogen (secondary N) is 2. The standard InChI is InChI=1S/C31H31N3O5/c35-27(32-30(14-15-30)28(36)37)31(16-17-34(20-31)18-21-8-2-1-3-9-21)33-29(38)39-19-26-24-12-6-4-10-22(24)23-11-5-7-13-25(23)26/h1-13,26H,14-20H2,(H,32,35)(H,33,38)(H,36,37). The Morgan fingerprint density at radius 3 is 2.05 bits per heavy atom. The van der Waals surface area contributed by atoms with E-state index in [1.54, 1.807) is 0 Å². The van der Waals surface area contributed by atoms with Gasteiger partial charge in [0.25, 0.3) is 0 Å². The normalized spacial score (nSPS) is 21.0. The Balaban J connectivity index is 1.18. The van der Waals surface area contributed by atoms with Crippen LogP contribution in [0.25, 0.3) is 11.1 Å². The molecule has 8 nitrogen and oxygen atoms in total. The van der Waals surface area contributed by atoms with Crippen molar-refractivity contribution >= 4 is 18.0 Å². The molecular weight excluding hydrogens is 494 g/mol. The van der Waals surface area contributed by atoms with Crippen LogP contribution in [0.3, 0.4) is 0 Å². The molecular formula is C31H31N3O5. The quantitative estimate of drug-likeness (QED) is 0.412. The Kier molecular flexibility index (Phi) is 6.35. The zero-order valence-corrected chi connectivity index (χ0v) is 21.6. The molecule has 1 saturated carbocycles. The third-order valence-corrected chi connectivity index (χ3v) is 8.23. The average Bonchev–Trinajstić information content (AvgIpc) is 3.52. The Morgan fingerprint density at radius 2 is 1.44 bits per heavy atom. The lowest BCUT2D eigenvalue weighted by molar-refractivity contribution is -0.144. The second-order valence-corrected chi connectivity index (χ2v) is 10.8. The van der Waals surface area contributed by atoms with Gasteiger partial charge in [-0.05, 0) is 47.1 Å². The lowest BCUT2D eigenvalue weighted by Crippen LogP contribution is -2.63. The fourth-order valence-corrected chi connectivity index (χ4v) is 5.89. The first-order valence-electron chi connectivity index (χ1n) is 13.3. The minimum Gasteiger partial charge on any atom is -0.480 e. The van der Waals surface area contributed by atoms with Crippen LogP contribution in [-0.2, 0) is 20.9 Å². The smallest absolute Gasteiger partial charge is 0.408 e. The molecule has 2 amide bonds. The number of benzene rings is 3. The molecule has 6 rings (SSSR count). The Bertz CT molecular complexity index is 1370. The summed E-state index contributed by atoms with van der Waals surface area (Å²) in [5.41, 5.74) is 3.03. The Labute approximate surface area is 227 Å². The predicted octanol–water partition coefficient (Wildman–Crippen LogP) is 3.90. The van der Waals surface area contributed by atoms with E-state index in [0.29, 0.717) is 32.4 Å². The minimum absolute atomic E-state index is 0.104. The highest BCUT2D eigenvalue weighted by atomic mass is 16.5. The maximum absolute atomic E-state index is 13.6. The third kappa shape index (κ3) is 4.76. The fourth-order valence-electron chi connectivity index (χ4n) is 5.89. The summed E-state index contributed by atoms with van der Waals surface area (Å²) in [5.74, 6) is -1.63. The zero-order valence-electron chi connectivity index (χ0n) is 21.6. The summed E-state index contributed by atoms with van der Waals surface area (Å²) in [7, 11) is 0. The second kappa shape index (κ2) is 9.85. The number of likely N-dealkylation sites (tertiary alicyclic amines) is 1. The molecule has 3 aromatic rings. The molecule has 3 aliphatic rings. The number of hydrogen-bond donors (Lipinski definition) is 3. The molecule has 3 aromatic carbocycles. The topological polar surface area (TPSA) is 108 Å². The van der Waals surface area contributed by atoms with Gasteiger partial charge in [-0.15, -0.1) is 0 Å². The van der Waals surface area contributed by atoms with Gasteiger partial charge >= 0.3 is 12.1 Å². The van der Waals surface area contributed by atoms with Crippen LogP contribution in [0.5, 0.6) is 0 Å². The molecule has 200 valence electrons. The number of nitrogens with zero attached hydrogens (tertiary/aromatic N) is 1. The van der Waals surface area contributed by atoms with Crippen LogP contribution in [0.1, 0.15) is 41.9 Å². The summed E-state index contributed by atoms with van der Waals surface area (Å²) < 4.78 is 5.76. The van der Waals surface area contributed by atoms with E-state index in [-0.39, 0.29) is 19.1 Å². The number of amides is 2. The first-order chi connectivity index (χ1) is 18.9. The molecule has 1 unspecified atom stereocenters. The monoisotopic (exact) mass is 525 g/mol. The molecule has 1 heterocycles. The molecule has 0 aromatic heterocycles. The lowest BCUT2D eigenvalue weighted by Gasteiger charge is -2.31. The van der Waals surface area contributed by atoms with Crippen LogP contribution in [-0.4, -0.2) is 58.8 Å². The highest BCUT2D eigenvalue weighted by Gasteiger charge is 2.56. The van der Waals surface area contributed by atoms with Gasteiger partial charge in [0.1, 0.15) is 17.7 Å². The van der Waals surface area contributed by atoms with E-state index < -0.39 is 29.0 Å². The van der Waals surface area contributed by atoms with Crippen molar-refractivity contribution < 1.29 is 24.2 Å². The van der Waals surface area contributed by atoms with E-state index >= 15 is 0 Å². The van der Waals surface area contributed by atoms with Crippen molar-refractivity contribution in [1.29, 1.82) is 0 Å². The molecule has 0 spiro atoms. The number of carbonyl (C=O) groups excluding carboxylic acids is 2. The number of fused-ring (bicyclic) bond motifs is 3. The largest absolute Gasteiger partial charge is 0.480 e. The SMILES string of the molecule is O=C(NC1(C(=O)NC2(C(=O)O)CC2)CCN(Cc2ccccc2)C1)OCC1c2ccccc2-c2ccccc21. The van der Waals surface area contributed by atoms with Gasteiger partial charge in [0.05, 0.1) is 0 Å². The first-order valence-corrected chi connectivity index (χ1v) is 13.3. The van der Waals surface area contributed by atoms with E-state index in [1.165, 1.54) is 0 Å². The number of alkyl carbamates (subject to hydrolysis) is 1. The summed E-state index contributed by atoms with van der Waals surface area (Å²) >= 11 is 0. The molecule has 3 N–H and O–H groups in total. The van der Waals surface area contributed by atoms with Crippen LogP contribution in [0.15, 0.2) is 78.9 Å². The van der Waals surface area contributed by atoms with E-state index in [1.807, 2.05) is 54.6 Å². The number of rotatable bonds is 8. The zero-order chi connectivity index (χ0) is 27.0. The summed E-state index contributed by atoms with van der Waals surface area (Å²) in [4.78, 5) is 40.7. The van der Waals surface area contributed by atoms with Crippen molar-refractivity contribution in [2.24, 2.45) is 0 Å². The van der Waals surface area contributed by atoms with Gasteiger partial charge in [0, 0.05) is 25.6 Å².